The summed E-state index contributed by atoms with van der Waals surface area (Å²) in [7, 11) is 0. The van der Waals surface area contributed by atoms with E-state index >= 15 is 0 Å². The Balaban J connectivity index is 2.07. The molecule has 6 nitrogen and oxygen atoms in total. The second kappa shape index (κ2) is 6.88. The first kappa shape index (κ1) is 15.0. The van der Waals surface area contributed by atoms with Crippen LogP contribution in [0.3, 0.4) is 0 Å². The molecule has 0 bridgehead atoms. The third kappa shape index (κ3) is 4.05. The maximum absolute atomic E-state index is 12.2. The average molecular weight is 288 g/mol. The zero-order chi connectivity index (χ0) is 15.2. The summed E-state index contributed by atoms with van der Waals surface area (Å²) in [6.45, 7) is 6.16. The molecular formula is C15H20N4O2. The van der Waals surface area contributed by atoms with E-state index in [1.807, 2.05) is 32.0 Å². The van der Waals surface area contributed by atoms with Gasteiger partial charge in [0, 0.05) is 11.7 Å². The smallest absolute Gasteiger partial charge is 0.253 e. The molecule has 6 heteroatoms. The van der Waals surface area contributed by atoms with Crippen LogP contribution in [0.5, 0.6) is 0 Å². The first-order valence-corrected chi connectivity index (χ1v) is 7.03. The molecule has 112 valence electrons. The van der Waals surface area contributed by atoms with E-state index < -0.39 is 0 Å². The second-order valence-electron chi connectivity index (χ2n) is 4.92. The van der Waals surface area contributed by atoms with Gasteiger partial charge >= 0.3 is 0 Å². The molecule has 0 fully saturated rings. The molecule has 21 heavy (non-hydrogen) atoms. The first-order chi connectivity index (χ1) is 10.1. The fraction of sp³-hybridized carbons (Fsp3) is 0.400. The van der Waals surface area contributed by atoms with Crippen molar-refractivity contribution in [2.75, 3.05) is 5.32 Å². The predicted molar refractivity (Wildman–Crippen MR) is 80.0 cm³/mol. The quantitative estimate of drug-likeness (QED) is 0.853. The minimum Gasteiger partial charge on any atom is -0.375 e. The lowest BCUT2D eigenvalue weighted by Gasteiger charge is -2.14. The third-order valence-corrected chi connectivity index (χ3v) is 3.16. The number of aryl methyl sites for hydroxylation is 1. The highest BCUT2D eigenvalue weighted by atomic mass is 16.5. The van der Waals surface area contributed by atoms with Crippen LogP contribution in [0.25, 0.3) is 0 Å². The van der Waals surface area contributed by atoms with Gasteiger partial charge in [-0.25, -0.2) is 0 Å². The van der Waals surface area contributed by atoms with Gasteiger partial charge < -0.3 is 15.2 Å². The molecule has 0 aliphatic heterocycles. The van der Waals surface area contributed by atoms with Crippen LogP contribution in [0.2, 0.25) is 0 Å². The lowest BCUT2D eigenvalue weighted by Crippen LogP contribution is -2.32. The van der Waals surface area contributed by atoms with Crippen LogP contribution in [-0.2, 0) is 6.54 Å². The lowest BCUT2D eigenvalue weighted by atomic mass is 10.1. The molecule has 0 aliphatic rings. The number of rotatable bonds is 6. The largest absolute Gasteiger partial charge is 0.375 e. The van der Waals surface area contributed by atoms with E-state index in [0.29, 0.717) is 23.8 Å². The molecule has 2 rings (SSSR count). The summed E-state index contributed by atoms with van der Waals surface area (Å²) in [6, 6.07) is 7.51. The summed E-state index contributed by atoms with van der Waals surface area (Å²) < 4.78 is 5.04. The topological polar surface area (TPSA) is 80.0 Å². The highest BCUT2D eigenvalue weighted by molar-refractivity contribution is 5.99. The Morgan fingerprint density at radius 2 is 2.14 bits per heavy atom. The van der Waals surface area contributed by atoms with Gasteiger partial charge in [-0.2, -0.15) is 4.98 Å². The van der Waals surface area contributed by atoms with Crippen molar-refractivity contribution in [1.82, 2.24) is 15.5 Å². The Labute approximate surface area is 123 Å². The zero-order valence-corrected chi connectivity index (χ0v) is 12.5. The van der Waals surface area contributed by atoms with E-state index in [-0.39, 0.29) is 11.9 Å². The van der Waals surface area contributed by atoms with Crippen LogP contribution in [0, 0.1) is 6.92 Å². The third-order valence-electron chi connectivity index (χ3n) is 3.16. The van der Waals surface area contributed by atoms with Gasteiger partial charge in [-0.05, 0) is 32.4 Å². The molecule has 2 aromatic rings. The molecule has 1 aromatic heterocycles. The summed E-state index contributed by atoms with van der Waals surface area (Å²) in [5, 5.41) is 9.85. The highest BCUT2D eigenvalue weighted by Crippen LogP contribution is 2.16. The van der Waals surface area contributed by atoms with Gasteiger partial charge in [0.1, 0.15) is 0 Å². The minimum atomic E-state index is -0.0887. The van der Waals surface area contributed by atoms with Gasteiger partial charge in [0.05, 0.1) is 12.1 Å². The summed E-state index contributed by atoms with van der Waals surface area (Å²) in [5.41, 5.74) is 1.35. The molecule has 0 saturated heterocycles. The van der Waals surface area contributed by atoms with Gasteiger partial charge in [-0.15, -0.1) is 0 Å². The van der Waals surface area contributed by atoms with Crippen LogP contribution >= 0.6 is 0 Å². The van der Waals surface area contributed by atoms with E-state index in [1.54, 1.807) is 13.0 Å². The number of hydrogen-bond acceptors (Lipinski definition) is 5. The number of nitrogens with one attached hydrogen (secondary N) is 2. The maximum atomic E-state index is 12.2. The summed E-state index contributed by atoms with van der Waals surface area (Å²) in [5.74, 6) is 0.994. The van der Waals surface area contributed by atoms with Gasteiger partial charge in [-0.3, -0.25) is 4.79 Å². The zero-order valence-electron chi connectivity index (χ0n) is 12.5. The molecule has 0 unspecified atom stereocenters. The van der Waals surface area contributed by atoms with Crippen molar-refractivity contribution in [1.29, 1.82) is 0 Å². The Morgan fingerprint density at radius 1 is 1.38 bits per heavy atom. The van der Waals surface area contributed by atoms with E-state index in [2.05, 4.69) is 20.8 Å². The molecule has 0 aliphatic carbocycles. The lowest BCUT2D eigenvalue weighted by molar-refractivity contribution is 0.0940. The second-order valence-corrected chi connectivity index (χ2v) is 4.92. The van der Waals surface area contributed by atoms with Crippen molar-refractivity contribution in [2.45, 2.75) is 39.8 Å². The maximum Gasteiger partial charge on any atom is 0.253 e. The molecule has 1 amide bonds. The van der Waals surface area contributed by atoms with Crippen molar-refractivity contribution in [3.63, 3.8) is 0 Å². The highest BCUT2D eigenvalue weighted by Gasteiger charge is 2.13. The number of aromatic nitrogens is 2. The number of hydrogen-bond donors (Lipinski definition) is 2. The Kier molecular flexibility index (Phi) is 4.92. The number of carbonyl (C=O) groups excluding carboxylic acids is 1. The molecule has 0 spiro atoms. The molecule has 1 aromatic carbocycles. The van der Waals surface area contributed by atoms with E-state index in [4.69, 9.17) is 4.52 Å². The van der Waals surface area contributed by atoms with Gasteiger partial charge in [0.2, 0.25) is 5.89 Å². The van der Waals surface area contributed by atoms with E-state index in [1.165, 1.54) is 0 Å². The number of para-hydroxylation sites is 1. The molecule has 1 heterocycles. The Morgan fingerprint density at radius 3 is 2.81 bits per heavy atom. The molecular weight excluding hydrogens is 268 g/mol. The number of anilines is 1. The fourth-order valence-corrected chi connectivity index (χ4v) is 1.82. The predicted octanol–water partition coefficient (Wildman–Crippen LogP) is 2.52. The molecule has 0 saturated carbocycles. The monoisotopic (exact) mass is 288 g/mol. The fourth-order valence-electron chi connectivity index (χ4n) is 1.82. The van der Waals surface area contributed by atoms with Gasteiger partial charge in [0.25, 0.3) is 5.91 Å². The van der Waals surface area contributed by atoms with Crippen LogP contribution < -0.4 is 10.6 Å². The summed E-state index contributed by atoms with van der Waals surface area (Å²) in [4.78, 5) is 16.4. The normalized spacial score (nSPS) is 12.0. The molecule has 0 radical (unpaired) electrons. The number of nitrogens with zero attached hydrogens (tertiary/aromatic N) is 2. The summed E-state index contributed by atoms with van der Waals surface area (Å²) in [6.07, 6.45) is 0.891. The van der Waals surface area contributed by atoms with Crippen molar-refractivity contribution < 1.29 is 9.32 Å². The standard InChI is InChI=1S/C15H20N4O2/c1-4-10(2)17-15(20)12-7-5-6-8-13(12)16-9-14-18-11(3)19-21-14/h5-8,10,16H,4,9H2,1-3H3,(H,17,20)/t10-/m0/s1. The van der Waals surface area contributed by atoms with Crippen LogP contribution in [0.1, 0.15) is 42.3 Å². The van der Waals surface area contributed by atoms with Gasteiger partial charge in [-0.1, -0.05) is 24.2 Å². The number of carbonyl (C=O) groups is 1. The van der Waals surface area contributed by atoms with E-state index in [9.17, 15) is 4.79 Å². The average Bonchev–Trinajstić information content (AvgIpc) is 2.90. The summed E-state index contributed by atoms with van der Waals surface area (Å²) >= 11 is 0. The van der Waals surface area contributed by atoms with Crippen molar-refractivity contribution in [3.8, 4) is 0 Å². The van der Waals surface area contributed by atoms with Crippen LogP contribution in [0.15, 0.2) is 28.8 Å². The van der Waals surface area contributed by atoms with Crippen molar-refractivity contribution in [2.24, 2.45) is 0 Å². The van der Waals surface area contributed by atoms with Crippen LogP contribution in [0.4, 0.5) is 5.69 Å². The molecule has 2 N–H and O–H groups in total. The van der Waals surface area contributed by atoms with E-state index in [0.717, 1.165) is 12.1 Å². The van der Waals surface area contributed by atoms with Crippen molar-refractivity contribution in [3.05, 3.63) is 41.5 Å². The molecule has 1 atom stereocenters. The van der Waals surface area contributed by atoms with Gasteiger partial charge in [0.15, 0.2) is 5.82 Å². The van der Waals surface area contributed by atoms with Crippen molar-refractivity contribution >= 4 is 11.6 Å². The number of benzene rings is 1. The van der Waals surface area contributed by atoms with Crippen LogP contribution in [-0.4, -0.2) is 22.1 Å². The Bertz CT molecular complexity index is 609. The SMILES string of the molecule is CC[C@H](C)NC(=O)c1ccccc1NCc1nc(C)no1. The first-order valence-electron chi connectivity index (χ1n) is 7.03. The minimum absolute atomic E-state index is 0.0887. The number of amides is 1. The Hall–Kier alpha value is -2.37.